The van der Waals surface area contributed by atoms with E-state index in [1.807, 2.05) is 13.8 Å². The van der Waals surface area contributed by atoms with Crippen LogP contribution in [0.4, 0.5) is 0 Å². The van der Waals surface area contributed by atoms with Crippen molar-refractivity contribution in [1.82, 2.24) is 0 Å². The van der Waals surface area contributed by atoms with E-state index >= 15 is 0 Å². The van der Waals surface area contributed by atoms with Gasteiger partial charge < -0.3 is 5.11 Å². The smallest absolute Gasteiger partial charge is 0.0594 e. The van der Waals surface area contributed by atoms with Gasteiger partial charge in [-0.1, -0.05) is 20.3 Å². The zero-order valence-electron chi connectivity index (χ0n) is 9.51. The summed E-state index contributed by atoms with van der Waals surface area (Å²) in [6, 6.07) is 0. The van der Waals surface area contributed by atoms with Crippen molar-refractivity contribution < 1.29 is 5.11 Å². The van der Waals surface area contributed by atoms with E-state index in [4.69, 9.17) is 0 Å². The van der Waals surface area contributed by atoms with Gasteiger partial charge >= 0.3 is 0 Å². The molecule has 1 fully saturated rings. The Bertz CT molecular complexity index is 157. The largest absolute Gasteiger partial charge is 0.390 e. The van der Waals surface area contributed by atoms with Crippen LogP contribution >= 0.6 is 0 Å². The first-order chi connectivity index (χ1) is 5.88. The molecule has 0 saturated heterocycles. The monoisotopic (exact) mass is 184 g/mol. The van der Waals surface area contributed by atoms with Crippen LogP contribution in [0.15, 0.2) is 0 Å². The maximum Gasteiger partial charge on any atom is 0.0594 e. The lowest BCUT2D eigenvalue weighted by atomic mass is 9.72. The van der Waals surface area contributed by atoms with Gasteiger partial charge in [0.05, 0.1) is 5.60 Å². The Labute approximate surface area is 82.5 Å². The van der Waals surface area contributed by atoms with Crippen molar-refractivity contribution in [3.63, 3.8) is 0 Å². The molecule has 13 heavy (non-hydrogen) atoms. The van der Waals surface area contributed by atoms with Crippen LogP contribution in [0.2, 0.25) is 0 Å². The van der Waals surface area contributed by atoms with E-state index in [0.717, 1.165) is 24.2 Å². The quantitative estimate of drug-likeness (QED) is 0.698. The predicted octanol–water partition coefficient (Wildman–Crippen LogP) is 3.22. The highest BCUT2D eigenvalue weighted by Gasteiger charge is 2.29. The molecule has 0 amide bonds. The summed E-state index contributed by atoms with van der Waals surface area (Å²) in [7, 11) is 0. The fraction of sp³-hybridized carbons (Fsp3) is 1.00. The van der Waals surface area contributed by atoms with Crippen molar-refractivity contribution in [3.8, 4) is 0 Å². The minimum absolute atomic E-state index is 0.473. The van der Waals surface area contributed by atoms with Crippen LogP contribution in [0, 0.1) is 17.8 Å². The van der Waals surface area contributed by atoms with Crippen molar-refractivity contribution in [1.29, 1.82) is 0 Å². The third-order valence-electron chi connectivity index (χ3n) is 3.37. The Hall–Kier alpha value is -0.0400. The molecule has 1 aliphatic carbocycles. The van der Waals surface area contributed by atoms with Crippen molar-refractivity contribution in [2.45, 2.75) is 59.0 Å². The lowest BCUT2D eigenvalue weighted by molar-refractivity contribution is 0.0290. The van der Waals surface area contributed by atoms with Gasteiger partial charge in [0.25, 0.3) is 0 Å². The van der Waals surface area contributed by atoms with Crippen molar-refractivity contribution in [2.24, 2.45) is 17.8 Å². The summed E-state index contributed by atoms with van der Waals surface area (Å²) >= 11 is 0. The van der Waals surface area contributed by atoms with Crippen LogP contribution in [0.5, 0.6) is 0 Å². The molecule has 1 rings (SSSR count). The molecule has 0 radical (unpaired) electrons. The molecule has 0 aromatic rings. The first kappa shape index (κ1) is 11.0. The van der Waals surface area contributed by atoms with Gasteiger partial charge in [-0.05, 0) is 50.9 Å². The van der Waals surface area contributed by atoms with Gasteiger partial charge in [0, 0.05) is 0 Å². The van der Waals surface area contributed by atoms with Crippen LogP contribution in [-0.4, -0.2) is 10.7 Å². The van der Waals surface area contributed by atoms with Gasteiger partial charge in [-0.25, -0.2) is 0 Å². The summed E-state index contributed by atoms with van der Waals surface area (Å²) < 4.78 is 0. The van der Waals surface area contributed by atoms with Crippen molar-refractivity contribution in [2.75, 3.05) is 0 Å². The molecule has 1 saturated carbocycles. The van der Waals surface area contributed by atoms with Gasteiger partial charge in [-0.15, -0.1) is 0 Å². The number of hydrogen-bond acceptors (Lipinski definition) is 1. The van der Waals surface area contributed by atoms with Gasteiger partial charge in [-0.3, -0.25) is 0 Å². The second kappa shape index (κ2) is 4.00. The third-order valence-corrected chi connectivity index (χ3v) is 3.37. The molecule has 1 aliphatic rings. The molecule has 3 atom stereocenters. The predicted molar refractivity (Wildman–Crippen MR) is 56.6 cm³/mol. The SMILES string of the molecule is CC1CCC(CC(C)(C)O)C(C)C1. The summed E-state index contributed by atoms with van der Waals surface area (Å²) in [5, 5.41) is 9.75. The number of aliphatic hydroxyl groups is 1. The number of hydrogen-bond donors (Lipinski definition) is 1. The van der Waals surface area contributed by atoms with E-state index in [2.05, 4.69) is 13.8 Å². The maximum absolute atomic E-state index is 9.75. The fourth-order valence-corrected chi connectivity index (χ4v) is 2.67. The topological polar surface area (TPSA) is 20.2 Å². The van der Waals surface area contributed by atoms with Crippen LogP contribution in [0.25, 0.3) is 0 Å². The summed E-state index contributed by atoms with van der Waals surface area (Å²) in [5.74, 6) is 2.44. The zero-order chi connectivity index (χ0) is 10.1. The molecule has 1 nitrogen and oxygen atoms in total. The van der Waals surface area contributed by atoms with E-state index in [1.165, 1.54) is 19.3 Å². The van der Waals surface area contributed by atoms with Crippen molar-refractivity contribution >= 4 is 0 Å². The van der Waals surface area contributed by atoms with E-state index in [1.54, 1.807) is 0 Å². The summed E-state index contributed by atoms with van der Waals surface area (Å²) in [5.41, 5.74) is -0.473. The molecular weight excluding hydrogens is 160 g/mol. The van der Waals surface area contributed by atoms with Crippen LogP contribution in [0.1, 0.15) is 53.4 Å². The van der Waals surface area contributed by atoms with Crippen LogP contribution in [0.3, 0.4) is 0 Å². The zero-order valence-corrected chi connectivity index (χ0v) is 9.51. The molecule has 1 heteroatoms. The maximum atomic E-state index is 9.75. The highest BCUT2D eigenvalue weighted by molar-refractivity contribution is 4.80. The second-order valence-corrected chi connectivity index (χ2v) is 5.67. The van der Waals surface area contributed by atoms with E-state index < -0.39 is 5.60 Å². The molecule has 1 N–H and O–H groups in total. The minimum Gasteiger partial charge on any atom is -0.390 e. The Morgan fingerprint density at radius 2 is 1.85 bits per heavy atom. The molecule has 0 aromatic carbocycles. The molecule has 0 bridgehead atoms. The second-order valence-electron chi connectivity index (χ2n) is 5.67. The molecule has 0 spiro atoms. The van der Waals surface area contributed by atoms with Crippen molar-refractivity contribution in [3.05, 3.63) is 0 Å². The Balaban J connectivity index is 2.43. The highest BCUT2D eigenvalue weighted by Crippen LogP contribution is 2.37. The molecule has 0 aliphatic heterocycles. The van der Waals surface area contributed by atoms with Crippen LogP contribution < -0.4 is 0 Å². The highest BCUT2D eigenvalue weighted by atomic mass is 16.3. The van der Waals surface area contributed by atoms with Gasteiger partial charge in [-0.2, -0.15) is 0 Å². The first-order valence-electron chi connectivity index (χ1n) is 5.61. The van der Waals surface area contributed by atoms with Gasteiger partial charge in [0.2, 0.25) is 0 Å². The summed E-state index contributed by atoms with van der Waals surface area (Å²) in [4.78, 5) is 0. The van der Waals surface area contributed by atoms with E-state index in [-0.39, 0.29) is 0 Å². The summed E-state index contributed by atoms with van der Waals surface area (Å²) in [6.07, 6.45) is 4.99. The molecule has 78 valence electrons. The average Bonchev–Trinajstić information content (AvgIpc) is 1.93. The van der Waals surface area contributed by atoms with E-state index in [9.17, 15) is 5.11 Å². The fourth-order valence-electron chi connectivity index (χ4n) is 2.67. The number of rotatable bonds is 2. The summed E-state index contributed by atoms with van der Waals surface area (Å²) in [6.45, 7) is 8.54. The minimum atomic E-state index is -0.473. The molecule has 3 unspecified atom stereocenters. The van der Waals surface area contributed by atoms with E-state index in [0.29, 0.717) is 0 Å². The molecule has 0 aromatic heterocycles. The normalized spacial score (nSPS) is 36.2. The molecule has 0 heterocycles. The van der Waals surface area contributed by atoms with Crippen LogP contribution in [-0.2, 0) is 0 Å². The van der Waals surface area contributed by atoms with Gasteiger partial charge in [0.15, 0.2) is 0 Å². The first-order valence-corrected chi connectivity index (χ1v) is 5.61. The lowest BCUT2D eigenvalue weighted by Crippen LogP contribution is -2.30. The Morgan fingerprint density at radius 1 is 1.23 bits per heavy atom. The third kappa shape index (κ3) is 3.68. The lowest BCUT2D eigenvalue weighted by Gasteiger charge is -2.35. The van der Waals surface area contributed by atoms with Gasteiger partial charge in [0.1, 0.15) is 0 Å². The average molecular weight is 184 g/mol. The Morgan fingerprint density at radius 3 is 2.31 bits per heavy atom. The standard InChI is InChI=1S/C12H24O/c1-9-5-6-11(10(2)7-9)8-12(3,4)13/h9-11,13H,5-8H2,1-4H3. The molecular formula is C12H24O. The Kier molecular flexibility index (Phi) is 3.39.